The Morgan fingerprint density at radius 2 is 1.89 bits per heavy atom. The van der Waals surface area contributed by atoms with Crippen molar-refractivity contribution in [3.05, 3.63) is 50.9 Å². The normalized spacial score (nSPS) is 10.9. The summed E-state index contributed by atoms with van der Waals surface area (Å²) in [6, 6.07) is 5.20. The Morgan fingerprint density at radius 1 is 1.26 bits per heavy atom. The molecule has 5 nitrogen and oxygen atoms in total. The molecular formula is C13H13FN2O3. The van der Waals surface area contributed by atoms with Gasteiger partial charge in [0.25, 0.3) is 5.56 Å². The number of hydrogen-bond acceptors (Lipinski definition) is 3. The van der Waals surface area contributed by atoms with Gasteiger partial charge in [-0.1, -0.05) is 18.2 Å². The van der Waals surface area contributed by atoms with Gasteiger partial charge in [-0.2, -0.15) is 0 Å². The van der Waals surface area contributed by atoms with Gasteiger partial charge in [0.05, 0.1) is 0 Å². The highest BCUT2D eigenvalue weighted by molar-refractivity contribution is 5.67. The first-order valence-corrected chi connectivity index (χ1v) is 5.76. The molecule has 2 aromatic rings. The molecule has 0 atom stereocenters. The van der Waals surface area contributed by atoms with Crippen LogP contribution >= 0.6 is 0 Å². The van der Waals surface area contributed by atoms with Crippen molar-refractivity contribution >= 4 is 0 Å². The third-order valence-corrected chi connectivity index (χ3v) is 2.78. The van der Waals surface area contributed by atoms with Crippen molar-refractivity contribution in [2.75, 3.05) is 0 Å². The number of rotatable bonds is 2. The van der Waals surface area contributed by atoms with Gasteiger partial charge in [-0.15, -0.1) is 0 Å². The largest absolute Gasteiger partial charge is 0.494 e. The highest BCUT2D eigenvalue weighted by Gasteiger charge is 2.19. The monoisotopic (exact) mass is 264 g/mol. The van der Waals surface area contributed by atoms with Gasteiger partial charge >= 0.3 is 5.69 Å². The van der Waals surface area contributed by atoms with Gasteiger partial charge < -0.3 is 5.11 Å². The number of H-pyrrole nitrogens is 1. The van der Waals surface area contributed by atoms with E-state index in [-0.39, 0.29) is 17.2 Å². The van der Waals surface area contributed by atoms with Crippen LogP contribution in [-0.2, 0) is 0 Å². The average Bonchev–Trinajstić information content (AvgIpc) is 2.30. The molecule has 0 unspecified atom stereocenters. The first-order chi connectivity index (χ1) is 8.93. The Labute approximate surface area is 108 Å². The molecule has 0 saturated heterocycles. The van der Waals surface area contributed by atoms with Gasteiger partial charge in [-0.25, -0.2) is 9.18 Å². The Kier molecular flexibility index (Phi) is 3.25. The molecule has 0 fully saturated rings. The Hall–Kier alpha value is -2.37. The van der Waals surface area contributed by atoms with E-state index in [4.69, 9.17) is 0 Å². The summed E-state index contributed by atoms with van der Waals surface area (Å²) in [5.41, 5.74) is -1.83. The van der Waals surface area contributed by atoms with Crippen molar-refractivity contribution in [2.45, 2.75) is 19.9 Å². The van der Waals surface area contributed by atoms with Crippen molar-refractivity contribution in [2.24, 2.45) is 0 Å². The predicted molar refractivity (Wildman–Crippen MR) is 68.8 cm³/mol. The summed E-state index contributed by atoms with van der Waals surface area (Å²) < 4.78 is 14.7. The fraction of sp³-hybridized carbons (Fsp3) is 0.231. The van der Waals surface area contributed by atoms with E-state index in [0.29, 0.717) is 0 Å². The lowest BCUT2D eigenvalue weighted by molar-refractivity contribution is 0.383. The van der Waals surface area contributed by atoms with E-state index in [1.807, 2.05) is 0 Å². The molecule has 100 valence electrons. The van der Waals surface area contributed by atoms with E-state index in [1.54, 1.807) is 19.9 Å². The van der Waals surface area contributed by atoms with Crippen LogP contribution in [0.25, 0.3) is 11.1 Å². The van der Waals surface area contributed by atoms with Crippen LogP contribution in [0.4, 0.5) is 4.39 Å². The summed E-state index contributed by atoms with van der Waals surface area (Å²) >= 11 is 0. The average molecular weight is 264 g/mol. The lowest BCUT2D eigenvalue weighted by Gasteiger charge is -2.14. The van der Waals surface area contributed by atoms with Crippen molar-refractivity contribution in [3.8, 4) is 17.0 Å². The lowest BCUT2D eigenvalue weighted by atomic mass is 10.1. The molecule has 0 aliphatic rings. The van der Waals surface area contributed by atoms with Gasteiger partial charge in [0, 0.05) is 11.6 Å². The molecule has 0 aliphatic heterocycles. The standard InChI is InChI=1S/C13H13FN2O3/c1-7(2)16-12(18)10(11(17)15-13(16)19)8-5-3-4-6-9(8)14/h3-7,18H,1-2H3,(H,15,17,19). The summed E-state index contributed by atoms with van der Waals surface area (Å²) in [6.07, 6.45) is 0. The van der Waals surface area contributed by atoms with Crippen LogP contribution in [0.1, 0.15) is 19.9 Å². The van der Waals surface area contributed by atoms with E-state index >= 15 is 0 Å². The first-order valence-electron chi connectivity index (χ1n) is 5.76. The minimum absolute atomic E-state index is 0.0457. The van der Waals surface area contributed by atoms with Gasteiger partial charge in [-0.05, 0) is 19.9 Å². The van der Waals surface area contributed by atoms with Gasteiger partial charge in [0.15, 0.2) is 0 Å². The van der Waals surface area contributed by atoms with Crippen LogP contribution in [0.5, 0.6) is 5.88 Å². The van der Waals surface area contributed by atoms with Crippen molar-refractivity contribution in [1.29, 1.82) is 0 Å². The summed E-state index contributed by atoms with van der Waals surface area (Å²) in [6.45, 7) is 3.34. The third kappa shape index (κ3) is 2.16. The summed E-state index contributed by atoms with van der Waals surface area (Å²) in [5, 5.41) is 10.1. The topological polar surface area (TPSA) is 75.1 Å². The molecule has 2 rings (SSSR count). The molecule has 1 aromatic heterocycles. The predicted octanol–water partition coefficient (Wildman–Crippen LogP) is 1.63. The van der Waals surface area contributed by atoms with Crippen molar-refractivity contribution < 1.29 is 9.50 Å². The maximum Gasteiger partial charge on any atom is 0.331 e. The third-order valence-electron chi connectivity index (χ3n) is 2.78. The van der Waals surface area contributed by atoms with Gasteiger partial charge in [-0.3, -0.25) is 14.3 Å². The maximum absolute atomic E-state index is 13.7. The van der Waals surface area contributed by atoms with E-state index in [1.165, 1.54) is 18.2 Å². The fourth-order valence-electron chi connectivity index (χ4n) is 1.92. The van der Waals surface area contributed by atoms with Crippen LogP contribution in [-0.4, -0.2) is 14.7 Å². The zero-order chi connectivity index (χ0) is 14.2. The maximum atomic E-state index is 13.7. The van der Waals surface area contributed by atoms with Crippen LogP contribution in [0.3, 0.4) is 0 Å². The number of nitrogens with one attached hydrogen (secondary N) is 1. The number of nitrogens with zero attached hydrogens (tertiary/aromatic N) is 1. The summed E-state index contributed by atoms with van der Waals surface area (Å²) in [5.74, 6) is -1.17. The smallest absolute Gasteiger partial charge is 0.331 e. The molecule has 2 N–H and O–H groups in total. The molecule has 0 aliphatic carbocycles. The van der Waals surface area contributed by atoms with Crippen LogP contribution in [0.2, 0.25) is 0 Å². The first kappa shape index (κ1) is 13.1. The van der Waals surface area contributed by atoms with Crippen LogP contribution < -0.4 is 11.2 Å². The lowest BCUT2D eigenvalue weighted by Crippen LogP contribution is -2.32. The fourth-order valence-corrected chi connectivity index (χ4v) is 1.92. The van der Waals surface area contributed by atoms with E-state index in [2.05, 4.69) is 4.98 Å². The number of aromatic amines is 1. The second-order valence-electron chi connectivity index (χ2n) is 4.40. The van der Waals surface area contributed by atoms with E-state index < -0.39 is 22.9 Å². The second-order valence-corrected chi connectivity index (χ2v) is 4.40. The molecule has 1 heterocycles. The Balaban J connectivity index is 2.86. The second kappa shape index (κ2) is 4.72. The highest BCUT2D eigenvalue weighted by Crippen LogP contribution is 2.27. The van der Waals surface area contributed by atoms with E-state index in [0.717, 1.165) is 4.57 Å². The van der Waals surface area contributed by atoms with Gasteiger partial charge in [0.2, 0.25) is 5.88 Å². The Bertz CT molecular complexity index is 731. The SMILES string of the molecule is CC(C)n1c(O)c(-c2ccccc2F)c(=O)[nH]c1=O. The van der Waals surface area contributed by atoms with Crippen LogP contribution in [0, 0.1) is 5.82 Å². The molecule has 0 spiro atoms. The number of halogens is 1. The highest BCUT2D eigenvalue weighted by atomic mass is 19.1. The molecule has 6 heteroatoms. The molecular weight excluding hydrogens is 251 g/mol. The summed E-state index contributed by atoms with van der Waals surface area (Å²) in [7, 11) is 0. The molecule has 0 bridgehead atoms. The number of benzene rings is 1. The minimum atomic E-state index is -0.815. The van der Waals surface area contributed by atoms with Crippen molar-refractivity contribution in [3.63, 3.8) is 0 Å². The van der Waals surface area contributed by atoms with Crippen molar-refractivity contribution in [1.82, 2.24) is 9.55 Å². The zero-order valence-electron chi connectivity index (χ0n) is 10.5. The summed E-state index contributed by atoms with van der Waals surface area (Å²) in [4.78, 5) is 25.5. The Morgan fingerprint density at radius 3 is 2.47 bits per heavy atom. The number of hydrogen-bond donors (Lipinski definition) is 2. The minimum Gasteiger partial charge on any atom is -0.494 e. The quantitative estimate of drug-likeness (QED) is 0.865. The zero-order valence-corrected chi connectivity index (χ0v) is 10.5. The molecule has 0 radical (unpaired) electrons. The molecule has 19 heavy (non-hydrogen) atoms. The van der Waals surface area contributed by atoms with E-state index in [9.17, 15) is 19.1 Å². The van der Waals surface area contributed by atoms with Crippen LogP contribution in [0.15, 0.2) is 33.9 Å². The van der Waals surface area contributed by atoms with Gasteiger partial charge in [0.1, 0.15) is 11.4 Å². The molecule has 0 saturated carbocycles. The number of aromatic hydroxyl groups is 1. The number of aromatic nitrogens is 2. The molecule has 1 aromatic carbocycles. The molecule has 0 amide bonds.